The van der Waals surface area contributed by atoms with Gasteiger partial charge in [-0.3, -0.25) is 0 Å². The van der Waals surface area contributed by atoms with E-state index < -0.39 is 0 Å². The monoisotopic (exact) mass is 277 g/mol. The van der Waals surface area contributed by atoms with Gasteiger partial charge in [-0.15, -0.1) is 0 Å². The topological polar surface area (TPSA) is 43.7 Å². The lowest BCUT2D eigenvalue weighted by molar-refractivity contribution is 0.0262. The Balaban J connectivity index is 1.77. The lowest BCUT2D eigenvalue weighted by atomic mass is 9.82. The van der Waals surface area contributed by atoms with Crippen molar-refractivity contribution in [1.82, 2.24) is 4.90 Å². The average Bonchev–Trinajstić information content (AvgIpc) is 2.33. The molecule has 0 amide bonds. The first-order valence-electron chi connectivity index (χ1n) is 7.57. The molecule has 3 heteroatoms. The summed E-state index contributed by atoms with van der Waals surface area (Å²) in [4.78, 5) is 2.27. The van der Waals surface area contributed by atoms with Gasteiger partial charge in [-0.1, -0.05) is 29.3 Å². The zero-order valence-electron chi connectivity index (χ0n) is 12.8. The van der Waals surface area contributed by atoms with E-state index in [1.54, 1.807) is 0 Å². The predicted molar refractivity (Wildman–Crippen MR) is 81.7 cm³/mol. The Labute approximate surface area is 122 Å². The number of aliphatic hydroxyl groups excluding tert-OH is 2. The fraction of sp³-hybridized carbons (Fsp3) is 0.647. The molecule has 1 aliphatic carbocycles. The number of aryl methyl sites for hydroxylation is 2. The van der Waals surface area contributed by atoms with Gasteiger partial charge in [0.05, 0.1) is 12.2 Å². The highest BCUT2D eigenvalue weighted by atomic mass is 16.3. The molecule has 0 bridgehead atoms. The molecule has 112 valence electrons. The molecular weight excluding hydrogens is 250 g/mol. The SMILES string of the molecule is Cc1cc(C)cc(C(O)CCN(C)CC2CC(O)C2)c1. The molecular formula is C17H27NO2. The maximum atomic E-state index is 10.3. The minimum absolute atomic E-state index is 0.0748. The smallest absolute Gasteiger partial charge is 0.0802 e. The molecule has 20 heavy (non-hydrogen) atoms. The lowest BCUT2D eigenvalue weighted by Crippen LogP contribution is -2.37. The van der Waals surface area contributed by atoms with Gasteiger partial charge in [0, 0.05) is 13.1 Å². The van der Waals surface area contributed by atoms with E-state index in [0.29, 0.717) is 5.92 Å². The number of hydrogen-bond donors (Lipinski definition) is 2. The molecule has 1 aromatic carbocycles. The first-order valence-corrected chi connectivity index (χ1v) is 7.57. The van der Waals surface area contributed by atoms with Crippen LogP contribution in [-0.4, -0.2) is 41.4 Å². The molecule has 1 saturated carbocycles. The van der Waals surface area contributed by atoms with Crippen molar-refractivity contribution in [3.05, 3.63) is 34.9 Å². The second-order valence-corrected chi connectivity index (χ2v) is 6.48. The molecule has 0 heterocycles. The normalized spacial score (nSPS) is 23.7. The summed E-state index contributed by atoms with van der Waals surface area (Å²) in [6.45, 7) is 6.05. The summed E-state index contributed by atoms with van der Waals surface area (Å²) in [7, 11) is 2.10. The van der Waals surface area contributed by atoms with E-state index in [9.17, 15) is 10.2 Å². The summed E-state index contributed by atoms with van der Waals surface area (Å²) in [5, 5.41) is 19.6. The van der Waals surface area contributed by atoms with Crippen molar-refractivity contribution in [3.63, 3.8) is 0 Å². The summed E-state index contributed by atoms with van der Waals surface area (Å²) in [6.07, 6.45) is 2.17. The summed E-state index contributed by atoms with van der Waals surface area (Å²) in [5.74, 6) is 0.633. The van der Waals surface area contributed by atoms with E-state index in [0.717, 1.165) is 37.9 Å². The van der Waals surface area contributed by atoms with Crippen LogP contribution in [-0.2, 0) is 0 Å². The molecule has 0 aliphatic heterocycles. The number of hydrogen-bond acceptors (Lipinski definition) is 3. The van der Waals surface area contributed by atoms with Crippen molar-refractivity contribution in [2.45, 2.75) is 45.3 Å². The van der Waals surface area contributed by atoms with Gasteiger partial charge in [0.25, 0.3) is 0 Å². The fourth-order valence-corrected chi connectivity index (χ4v) is 3.09. The van der Waals surface area contributed by atoms with E-state index in [1.807, 2.05) is 0 Å². The molecule has 1 aliphatic rings. The van der Waals surface area contributed by atoms with Crippen LogP contribution in [0.25, 0.3) is 0 Å². The molecule has 1 aromatic rings. The lowest BCUT2D eigenvalue weighted by Gasteiger charge is -2.34. The Morgan fingerprint density at radius 3 is 2.35 bits per heavy atom. The predicted octanol–water partition coefficient (Wildman–Crippen LogP) is 2.43. The zero-order chi connectivity index (χ0) is 14.7. The van der Waals surface area contributed by atoms with Crippen molar-refractivity contribution in [2.75, 3.05) is 20.1 Å². The van der Waals surface area contributed by atoms with Gasteiger partial charge in [0.2, 0.25) is 0 Å². The quantitative estimate of drug-likeness (QED) is 0.839. The Morgan fingerprint density at radius 1 is 1.20 bits per heavy atom. The maximum Gasteiger partial charge on any atom is 0.0802 e. The van der Waals surface area contributed by atoms with E-state index >= 15 is 0 Å². The van der Waals surface area contributed by atoms with E-state index in [-0.39, 0.29) is 12.2 Å². The van der Waals surface area contributed by atoms with Gasteiger partial charge in [-0.25, -0.2) is 0 Å². The van der Waals surface area contributed by atoms with Gasteiger partial charge in [-0.2, -0.15) is 0 Å². The van der Waals surface area contributed by atoms with Gasteiger partial charge in [0.15, 0.2) is 0 Å². The van der Waals surface area contributed by atoms with E-state index in [1.165, 1.54) is 11.1 Å². The fourth-order valence-electron chi connectivity index (χ4n) is 3.09. The highest BCUT2D eigenvalue weighted by molar-refractivity contribution is 5.29. The number of benzene rings is 1. The zero-order valence-corrected chi connectivity index (χ0v) is 12.8. The van der Waals surface area contributed by atoms with E-state index in [4.69, 9.17) is 0 Å². The molecule has 2 N–H and O–H groups in total. The Morgan fingerprint density at radius 2 is 1.80 bits per heavy atom. The Kier molecular flexibility index (Phi) is 5.19. The molecule has 0 spiro atoms. The minimum Gasteiger partial charge on any atom is -0.393 e. The number of rotatable bonds is 6. The number of aliphatic hydroxyl groups is 2. The molecule has 1 unspecified atom stereocenters. The summed E-state index contributed by atoms with van der Waals surface area (Å²) >= 11 is 0. The van der Waals surface area contributed by atoms with E-state index in [2.05, 4.69) is 44.0 Å². The van der Waals surface area contributed by atoms with Crippen LogP contribution in [0.2, 0.25) is 0 Å². The second-order valence-electron chi connectivity index (χ2n) is 6.48. The van der Waals surface area contributed by atoms with Gasteiger partial charge >= 0.3 is 0 Å². The second kappa shape index (κ2) is 6.70. The van der Waals surface area contributed by atoms with Crippen LogP contribution in [0.3, 0.4) is 0 Å². The van der Waals surface area contributed by atoms with Gasteiger partial charge in [0.1, 0.15) is 0 Å². The summed E-state index contributed by atoms with van der Waals surface area (Å²) in [6, 6.07) is 6.27. The third-order valence-corrected chi connectivity index (χ3v) is 4.19. The molecule has 2 rings (SSSR count). The highest BCUT2D eigenvalue weighted by Gasteiger charge is 2.27. The van der Waals surface area contributed by atoms with Crippen molar-refractivity contribution < 1.29 is 10.2 Å². The molecule has 3 nitrogen and oxygen atoms in total. The van der Waals surface area contributed by atoms with Crippen molar-refractivity contribution in [1.29, 1.82) is 0 Å². The van der Waals surface area contributed by atoms with Crippen molar-refractivity contribution >= 4 is 0 Å². The van der Waals surface area contributed by atoms with Gasteiger partial charge < -0.3 is 15.1 Å². The average molecular weight is 277 g/mol. The first-order chi connectivity index (χ1) is 9.44. The van der Waals surface area contributed by atoms with Crippen molar-refractivity contribution in [3.8, 4) is 0 Å². The number of nitrogens with zero attached hydrogens (tertiary/aromatic N) is 1. The summed E-state index contributed by atoms with van der Waals surface area (Å²) in [5.41, 5.74) is 3.43. The van der Waals surface area contributed by atoms with Crippen LogP contribution in [0.15, 0.2) is 18.2 Å². The van der Waals surface area contributed by atoms with Crippen LogP contribution >= 0.6 is 0 Å². The highest BCUT2D eigenvalue weighted by Crippen LogP contribution is 2.28. The maximum absolute atomic E-state index is 10.3. The molecule has 0 saturated heterocycles. The molecule has 1 atom stereocenters. The standard InChI is InChI=1S/C17H27NO2/c1-12-6-13(2)8-15(7-12)17(20)4-5-18(3)11-14-9-16(19)10-14/h6-8,14,16-17,19-20H,4-5,9-11H2,1-3H3. The third-order valence-electron chi connectivity index (χ3n) is 4.19. The minimum atomic E-state index is -0.386. The third kappa shape index (κ3) is 4.30. The Bertz CT molecular complexity index is 420. The van der Waals surface area contributed by atoms with Gasteiger partial charge in [-0.05, 0) is 51.6 Å². The van der Waals surface area contributed by atoms with Crippen LogP contribution in [0, 0.1) is 19.8 Å². The molecule has 0 radical (unpaired) electrons. The largest absolute Gasteiger partial charge is 0.393 e. The van der Waals surface area contributed by atoms with Crippen LogP contribution in [0.1, 0.15) is 42.1 Å². The van der Waals surface area contributed by atoms with Crippen LogP contribution < -0.4 is 0 Å². The van der Waals surface area contributed by atoms with Crippen LogP contribution in [0.5, 0.6) is 0 Å². The first kappa shape index (κ1) is 15.5. The Hall–Kier alpha value is -0.900. The molecule has 0 aromatic heterocycles. The van der Waals surface area contributed by atoms with Crippen LogP contribution in [0.4, 0.5) is 0 Å². The summed E-state index contributed by atoms with van der Waals surface area (Å²) < 4.78 is 0. The van der Waals surface area contributed by atoms with Crippen molar-refractivity contribution in [2.24, 2.45) is 5.92 Å². The molecule has 1 fully saturated rings.